The molecule has 0 spiro atoms. The Morgan fingerprint density at radius 2 is 1.83 bits per heavy atom. The molecule has 30 heavy (non-hydrogen) atoms. The number of aromatic nitrogens is 5. The molecule has 2 aromatic carbocycles. The van der Waals surface area contributed by atoms with Gasteiger partial charge < -0.3 is 4.52 Å². The molecule has 0 aliphatic carbocycles. The van der Waals surface area contributed by atoms with Crippen LogP contribution in [0, 0.1) is 0 Å². The van der Waals surface area contributed by atoms with Crippen LogP contribution >= 0.6 is 23.4 Å². The number of hydrogen-bond acceptors (Lipinski definition) is 6. The van der Waals surface area contributed by atoms with Crippen molar-refractivity contribution in [3.05, 3.63) is 76.9 Å². The van der Waals surface area contributed by atoms with Gasteiger partial charge in [-0.25, -0.2) is 0 Å². The van der Waals surface area contributed by atoms with E-state index in [9.17, 15) is 0 Å². The number of nitrogens with zero attached hydrogens (tertiary/aromatic N) is 5. The number of halogens is 1. The first-order chi connectivity index (χ1) is 14.7. The van der Waals surface area contributed by atoms with Crippen LogP contribution in [0.4, 0.5) is 0 Å². The highest BCUT2D eigenvalue weighted by Gasteiger charge is 2.22. The second kappa shape index (κ2) is 9.45. The lowest BCUT2D eigenvalue weighted by atomic mass is 10.2. The van der Waals surface area contributed by atoms with Crippen LogP contribution in [0.25, 0.3) is 11.4 Å². The summed E-state index contributed by atoms with van der Waals surface area (Å²) in [5.74, 6) is 2.07. The molecule has 6 nitrogen and oxygen atoms in total. The zero-order valence-electron chi connectivity index (χ0n) is 16.8. The molecular formula is C22H22ClN5OS. The van der Waals surface area contributed by atoms with Crippen molar-refractivity contribution in [2.45, 2.75) is 43.6 Å². The van der Waals surface area contributed by atoms with E-state index in [4.69, 9.17) is 16.1 Å². The molecule has 1 atom stereocenters. The van der Waals surface area contributed by atoms with Gasteiger partial charge >= 0.3 is 0 Å². The Hall–Kier alpha value is -2.64. The quantitative estimate of drug-likeness (QED) is 0.321. The molecule has 0 aliphatic rings. The molecule has 1 unspecified atom stereocenters. The van der Waals surface area contributed by atoms with E-state index in [-0.39, 0.29) is 5.25 Å². The molecule has 0 saturated carbocycles. The molecule has 8 heteroatoms. The van der Waals surface area contributed by atoms with E-state index < -0.39 is 0 Å². The van der Waals surface area contributed by atoms with Crippen molar-refractivity contribution >= 4 is 23.4 Å². The van der Waals surface area contributed by atoms with Crippen molar-refractivity contribution < 1.29 is 4.52 Å². The third-order valence-electron chi connectivity index (χ3n) is 4.60. The van der Waals surface area contributed by atoms with E-state index in [1.165, 1.54) is 0 Å². The van der Waals surface area contributed by atoms with Gasteiger partial charge in [-0.15, -0.1) is 10.2 Å². The van der Waals surface area contributed by atoms with E-state index in [1.807, 2.05) is 49.4 Å². The summed E-state index contributed by atoms with van der Waals surface area (Å²) >= 11 is 8.00. The Balaban J connectivity index is 1.67. The van der Waals surface area contributed by atoms with Crippen LogP contribution in [-0.2, 0) is 13.0 Å². The van der Waals surface area contributed by atoms with Gasteiger partial charge in [0, 0.05) is 12.0 Å². The van der Waals surface area contributed by atoms with Gasteiger partial charge in [0.05, 0.1) is 16.8 Å². The lowest BCUT2D eigenvalue weighted by molar-refractivity contribution is 0.374. The van der Waals surface area contributed by atoms with E-state index in [2.05, 4.69) is 44.0 Å². The number of benzene rings is 2. The Bertz CT molecular complexity index is 1110. The number of rotatable bonds is 8. The van der Waals surface area contributed by atoms with E-state index in [0.29, 0.717) is 17.5 Å². The minimum absolute atomic E-state index is 0.0547. The van der Waals surface area contributed by atoms with E-state index >= 15 is 0 Å². The third kappa shape index (κ3) is 4.57. The molecule has 2 aromatic heterocycles. The van der Waals surface area contributed by atoms with Crippen LogP contribution in [0.5, 0.6) is 0 Å². The Kier molecular flexibility index (Phi) is 6.50. The van der Waals surface area contributed by atoms with Gasteiger partial charge in [-0.3, -0.25) is 4.57 Å². The maximum Gasteiger partial charge on any atom is 0.239 e. The molecule has 0 N–H and O–H groups in total. The van der Waals surface area contributed by atoms with Crippen LogP contribution in [-0.4, -0.2) is 24.9 Å². The summed E-state index contributed by atoms with van der Waals surface area (Å²) in [6.07, 6.45) is 1.79. The van der Waals surface area contributed by atoms with Gasteiger partial charge in [0.15, 0.2) is 16.8 Å². The lowest BCUT2D eigenvalue weighted by Crippen LogP contribution is -2.05. The summed E-state index contributed by atoms with van der Waals surface area (Å²) in [6, 6.07) is 17.9. The SMILES string of the molecule is CCCc1noc(C(C)Sc2nnc(-c3ccccc3Cl)n2Cc2ccccc2)n1. The van der Waals surface area contributed by atoms with E-state index in [1.54, 1.807) is 11.8 Å². The van der Waals surface area contributed by atoms with E-state index in [0.717, 1.165) is 40.8 Å². The lowest BCUT2D eigenvalue weighted by Gasteiger charge is -2.12. The number of aryl methyl sites for hydroxylation is 1. The maximum absolute atomic E-state index is 6.46. The molecule has 0 aliphatic heterocycles. The molecule has 2 heterocycles. The standard InChI is InChI=1S/C22H22ClN5OS/c1-3-9-19-24-21(29-27-19)15(2)30-22-26-25-20(17-12-7-8-13-18(17)23)28(22)14-16-10-5-4-6-11-16/h4-8,10-13,15H,3,9,14H2,1-2H3. The Labute approximate surface area is 184 Å². The van der Waals surface area contributed by atoms with Crippen LogP contribution < -0.4 is 0 Å². The molecule has 0 amide bonds. The molecule has 0 saturated heterocycles. The molecule has 4 rings (SSSR count). The van der Waals surface area contributed by atoms with Crippen LogP contribution in [0.2, 0.25) is 5.02 Å². The largest absolute Gasteiger partial charge is 0.338 e. The van der Waals surface area contributed by atoms with Crippen LogP contribution in [0.1, 0.15) is 42.8 Å². The highest BCUT2D eigenvalue weighted by atomic mass is 35.5. The topological polar surface area (TPSA) is 69.6 Å². The van der Waals surface area contributed by atoms with Crippen molar-refractivity contribution in [2.24, 2.45) is 0 Å². The smallest absolute Gasteiger partial charge is 0.239 e. The zero-order valence-corrected chi connectivity index (χ0v) is 18.4. The molecular weight excluding hydrogens is 418 g/mol. The summed E-state index contributed by atoms with van der Waals surface area (Å²) in [7, 11) is 0. The summed E-state index contributed by atoms with van der Waals surface area (Å²) in [6.45, 7) is 4.76. The number of hydrogen-bond donors (Lipinski definition) is 0. The van der Waals surface area contributed by atoms with Crippen molar-refractivity contribution in [3.8, 4) is 11.4 Å². The van der Waals surface area contributed by atoms with Gasteiger partial charge in [-0.05, 0) is 31.0 Å². The second-order valence-corrected chi connectivity index (χ2v) is 8.63. The first-order valence-electron chi connectivity index (χ1n) is 9.87. The summed E-state index contributed by atoms with van der Waals surface area (Å²) in [5, 5.41) is 14.4. The third-order valence-corrected chi connectivity index (χ3v) is 6.00. The minimum Gasteiger partial charge on any atom is -0.338 e. The van der Waals surface area contributed by atoms with Gasteiger partial charge in [-0.2, -0.15) is 4.98 Å². The number of thioether (sulfide) groups is 1. The fraction of sp³-hybridized carbons (Fsp3) is 0.273. The van der Waals surface area contributed by atoms with Crippen molar-refractivity contribution in [1.82, 2.24) is 24.9 Å². The second-order valence-electron chi connectivity index (χ2n) is 6.92. The van der Waals surface area contributed by atoms with Crippen molar-refractivity contribution in [2.75, 3.05) is 0 Å². The average molecular weight is 440 g/mol. The highest BCUT2D eigenvalue weighted by Crippen LogP contribution is 2.36. The van der Waals surface area contributed by atoms with Crippen molar-refractivity contribution in [3.63, 3.8) is 0 Å². The van der Waals surface area contributed by atoms with Crippen LogP contribution in [0.15, 0.2) is 64.3 Å². The monoisotopic (exact) mass is 439 g/mol. The molecule has 4 aromatic rings. The highest BCUT2D eigenvalue weighted by molar-refractivity contribution is 7.99. The molecule has 0 bridgehead atoms. The maximum atomic E-state index is 6.46. The summed E-state index contributed by atoms with van der Waals surface area (Å²) < 4.78 is 7.54. The predicted molar refractivity (Wildman–Crippen MR) is 119 cm³/mol. The Morgan fingerprint density at radius 1 is 1.07 bits per heavy atom. The van der Waals surface area contributed by atoms with Gasteiger partial charge in [0.25, 0.3) is 0 Å². The molecule has 154 valence electrons. The van der Waals surface area contributed by atoms with Crippen LogP contribution in [0.3, 0.4) is 0 Å². The first kappa shape index (κ1) is 20.6. The minimum atomic E-state index is -0.0547. The normalized spacial score (nSPS) is 12.2. The average Bonchev–Trinajstić information content (AvgIpc) is 3.37. The van der Waals surface area contributed by atoms with Gasteiger partial charge in [0.1, 0.15) is 0 Å². The first-order valence-corrected chi connectivity index (χ1v) is 11.1. The predicted octanol–water partition coefficient (Wildman–Crippen LogP) is 5.84. The summed E-state index contributed by atoms with van der Waals surface area (Å²) in [5.41, 5.74) is 2.01. The Morgan fingerprint density at radius 3 is 2.60 bits per heavy atom. The molecule has 0 fully saturated rings. The summed E-state index contributed by atoms with van der Waals surface area (Å²) in [4.78, 5) is 4.51. The fourth-order valence-corrected chi connectivity index (χ4v) is 4.19. The van der Waals surface area contributed by atoms with Crippen molar-refractivity contribution in [1.29, 1.82) is 0 Å². The zero-order chi connectivity index (χ0) is 20.9. The molecule has 0 radical (unpaired) electrons. The van der Waals surface area contributed by atoms with Gasteiger partial charge in [0.2, 0.25) is 5.89 Å². The fourth-order valence-electron chi connectivity index (χ4n) is 3.09. The van der Waals surface area contributed by atoms with Gasteiger partial charge in [-0.1, -0.05) is 77.9 Å².